The molecule has 3 atom stereocenters. The summed E-state index contributed by atoms with van der Waals surface area (Å²) < 4.78 is 10.9. The van der Waals surface area contributed by atoms with Crippen molar-refractivity contribution >= 4 is 23.9 Å². The summed E-state index contributed by atoms with van der Waals surface area (Å²) in [4.78, 5) is 57.6. The van der Waals surface area contributed by atoms with Crippen molar-refractivity contribution < 1.29 is 28.7 Å². The molecule has 1 aromatic carbocycles. The Morgan fingerprint density at radius 1 is 0.889 bits per heavy atom. The van der Waals surface area contributed by atoms with Gasteiger partial charge in [-0.05, 0) is 57.4 Å². The first-order valence-electron chi connectivity index (χ1n) is 16.0. The van der Waals surface area contributed by atoms with Crippen LogP contribution in [0.15, 0.2) is 42.0 Å². The summed E-state index contributed by atoms with van der Waals surface area (Å²) in [5.74, 6) is -0.946. The van der Waals surface area contributed by atoms with Crippen LogP contribution < -0.4 is 5.32 Å². The van der Waals surface area contributed by atoms with Gasteiger partial charge in [-0.15, -0.1) is 0 Å². The lowest BCUT2D eigenvalue weighted by atomic mass is 9.76. The van der Waals surface area contributed by atoms with Crippen molar-refractivity contribution in [1.29, 1.82) is 0 Å². The van der Waals surface area contributed by atoms with Gasteiger partial charge in [0.05, 0.1) is 12.6 Å². The summed E-state index contributed by atoms with van der Waals surface area (Å²) in [7, 11) is 3.25. The van der Waals surface area contributed by atoms with Crippen LogP contribution in [0.2, 0.25) is 0 Å². The zero-order valence-electron chi connectivity index (χ0n) is 30.2. The zero-order valence-corrected chi connectivity index (χ0v) is 30.2. The summed E-state index contributed by atoms with van der Waals surface area (Å²) in [6.07, 6.45) is 2.24. The highest BCUT2D eigenvalue weighted by molar-refractivity contribution is 5.93. The van der Waals surface area contributed by atoms with Crippen LogP contribution in [0.3, 0.4) is 0 Å². The average Bonchev–Trinajstić information content (AvgIpc) is 2.91. The van der Waals surface area contributed by atoms with Gasteiger partial charge in [-0.3, -0.25) is 14.5 Å². The van der Waals surface area contributed by atoms with Gasteiger partial charge in [-0.25, -0.2) is 9.59 Å². The van der Waals surface area contributed by atoms with Gasteiger partial charge in [-0.1, -0.05) is 91.8 Å². The topological polar surface area (TPSA) is 105 Å². The summed E-state index contributed by atoms with van der Waals surface area (Å²) in [5, 5.41) is 3.04. The Kier molecular flexibility index (Phi) is 14.3. The van der Waals surface area contributed by atoms with Gasteiger partial charge < -0.3 is 19.7 Å². The first kappa shape index (κ1) is 39.7. The van der Waals surface area contributed by atoms with E-state index in [0.717, 1.165) is 5.56 Å². The minimum atomic E-state index is -1.01. The molecule has 0 saturated heterocycles. The minimum Gasteiger partial charge on any atom is -0.463 e. The smallest absolute Gasteiger partial charge is 0.410 e. The molecule has 1 N–H and O–H groups in total. The molecule has 254 valence electrons. The number of amides is 3. The van der Waals surface area contributed by atoms with Gasteiger partial charge in [0.1, 0.15) is 17.7 Å². The number of nitrogens with zero attached hydrogens (tertiary/aromatic N) is 2. The van der Waals surface area contributed by atoms with Crippen LogP contribution >= 0.6 is 0 Å². The lowest BCUT2D eigenvalue weighted by Crippen LogP contribution is -2.63. The molecule has 0 heterocycles. The van der Waals surface area contributed by atoms with E-state index in [-0.39, 0.29) is 18.4 Å². The van der Waals surface area contributed by atoms with Crippen LogP contribution in [0.25, 0.3) is 0 Å². The molecule has 0 spiro atoms. The fourth-order valence-electron chi connectivity index (χ4n) is 5.30. The molecule has 0 bridgehead atoms. The second-order valence-electron chi connectivity index (χ2n) is 14.8. The fourth-order valence-corrected chi connectivity index (χ4v) is 5.30. The van der Waals surface area contributed by atoms with E-state index in [1.54, 1.807) is 46.7 Å². The van der Waals surface area contributed by atoms with E-state index >= 15 is 0 Å². The highest BCUT2D eigenvalue weighted by atomic mass is 16.6. The monoisotopic (exact) mass is 629 g/mol. The Morgan fingerprint density at radius 3 is 1.89 bits per heavy atom. The van der Waals surface area contributed by atoms with Gasteiger partial charge >= 0.3 is 12.1 Å². The molecular formula is C36H59N3O6. The number of nitrogens with one attached hydrogen (secondary N) is 1. The van der Waals surface area contributed by atoms with E-state index < -0.39 is 52.5 Å². The Balaban J connectivity index is 3.63. The molecule has 3 amide bonds. The van der Waals surface area contributed by atoms with Gasteiger partial charge in [0, 0.05) is 25.1 Å². The van der Waals surface area contributed by atoms with Crippen molar-refractivity contribution in [3.63, 3.8) is 0 Å². The lowest BCUT2D eigenvalue weighted by molar-refractivity contribution is -0.141. The zero-order chi connectivity index (χ0) is 34.9. The second kappa shape index (κ2) is 16.3. The number of likely N-dealkylation sites (N-methyl/N-ethyl adjacent to an activating group) is 2. The number of esters is 1. The second-order valence-corrected chi connectivity index (χ2v) is 14.8. The quantitative estimate of drug-likeness (QED) is 0.197. The van der Waals surface area contributed by atoms with E-state index in [2.05, 4.69) is 19.2 Å². The van der Waals surface area contributed by atoms with E-state index in [9.17, 15) is 19.2 Å². The Morgan fingerprint density at radius 2 is 1.44 bits per heavy atom. The van der Waals surface area contributed by atoms with Gasteiger partial charge in [0.25, 0.3) is 0 Å². The van der Waals surface area contributed by atoms with Gasteiger partial charge in [0.2, 0.25) is 11.8 Å². The average molecular weight is 630 g/mol. The first-order chi connectivity index (χ1) is 20.6. The number of ether oxygens (including phenoxy) is 2. The predicted octanol–water partition coefficient (Wildman–Crippen LogP) is 6.50. The van der Waals surface area contributed by atoms with Crippen LogP contribution in [0.5, 0.6) is 0 Å². The van der Waals surface area contributed by atoms with E-state index in [0.29, 0.717) is 18.4 Å². The maximum atomic E-state index is 14.4. The third-order valence-electron chi connectivity index (χ3n) is 7.79. The van der Waals surface area contributed by atoms with Gasteiger partial charge in [-0.2, -0.15) is 0 Å². The number of carbonyl (C=O) groups excluding carboxylic acids is 4. The fraction of sp³-hybridized carbons (Fsp3) is 0.667. The normalized spacial score (nSPS) is 14.7. The van der Waals surface area contributed by atoms with Crippen LogP contribution in [0, 0.1) is 11.3 Å². The van der Waals surface area contributed by atoms with Crippen LogP contribution in [0.4, 0.5) is 4.79 Å². The molecule has 0 aliphatic rings. The number of carbonyl (C=O) groups is 4. The molecule has 1 rings (SSSR count). The Bertz CT molecular complexity index is 1180. The molecule has 0 radical (unpaired) electrons. The maximum absolute atomic E-state index is 14.4. The third-order valence-corrected chi connectivity index (χ3v) is 7.79. The Hall–Kier alpha value is -3.36. The molecule has 0 saturated carbocycles. The summed E-state index contributed by atoms with van der Waals surface area (Å²) in [6, 6.07) is 7.15. The highest BCUT2D eigenvalue weighted by Gasteiger charge is 2.45. The molecule has 1 aromatic rings. The highest BCUT2D eigenvalue weighted by Crippen LogP contribution is 2.32. The van der Waals surface area contributed by atoms with E-state index in [1.807, 2.05) is 78.0 Å². The van der Waals surface area contributed by atoms with Crippen molar-refractivity contribution in [2.45, 2.75) is 125 Å². The van der Waals surface area contributed by atoms with Crippen molar-refractivity contribution in [1.82, 2.24) is 15.1 Å². The molecule has 0 aliphatic heterocycles. The number of hydrogen-bond donors (Lipinski definition) is 1. The number of benzene rings is 1. The van der Waals surface area contributed by atoms with Gasteiger partial charge in [0.15, 0.2) is 0 Å². The Labute approximate surface area is 272 Å². The van der Waals surface area contributed by atoms with Crippen molar-refractivity contribution in [2.24, 2.45) is 11.3 Å². The molecule has 45 heavy (non-hydrogen) atoms. The number of rotatable bonds is 13. The molecule has 0 unspecified atom stereocenters. The van der Waals surface area contributed by atoms with Crippen LogP contribution in [-0.4, -0.2) is 78.1 Å². The summed E-state index contributed by atoms with van der Waals surface area (Å²) in [6.45, 7) is 22.8. The molecular weight excluding hydrogens is 570 g/mol. The predicted molar refractivity (Wildman–Crippen MR) is 180 cm³/mol. The third kappa shape index (κ3) is 11.5. The molecule has 0 fully saturated rings. The standard InChI is InChI=1S/C36H59N3O6/c1-15-25(32(42)44-16-2)23-27(22-24(3)4)38(13)31(41)28(34(5,6)7)37-30(40)29(39(14)33(43)45-35(8,9)10)36(11,12)26-20-18-17-19-21-26/h17-21,23-24,27-29H,15-16,22H2,1-14H3,(H,37,40)/t27-,28+,29+/m0/s1. The van der Waals surface area contributed by atoms with Crippen molar-refractivity contribution in [2.75, 3.05) is 20.7 Å². The summed E-state index contributed by atoms with van der Waals surface area (Å²) in [5.41, 5.74) is -0.956. The molecule has 9 heteroatoms. The van der Waals surface area contributed by atoms with Crippen molar-refractivity contribution in [3.8, 4) is 0 Å². The largest absolute Gasteiger partial charge is 0.463 e. The van der Waals surface area contributed by atoms with E-state index in [4.69, 9.17) is 9.47 Å². The minimum absolute atomic E-state index is 0.225. The SMILES string of the molecule is CCOC(=O)C(=C[C@H](CC(C)C)N(C)C(=O)[C@@H](NC(=O)[C@@H](N(C)C(=O)OC(C)(C)C)C(C)(C)c1ccccc1)C(C)(C)C)CC. The maximum Gasteiger partial charge on any atom is 0.410 e. The van der Waals surface area contributed by atoms with Crippen molar-refractivity contribution in [3.05, 3.63) is 47.5 Å². The van der Waals surface area contributed by atoms with Crippen LogP contribution in [-0.2, 0) is 29.3 Å². The molecule has 0 aromatic heterocycles. The van der Waals surface area contributed by atoms with E-state index in [1.165, 1.54) is 4.90 Å². The lowest BCUT2D eigenvalue weighted by Gasteiger charge is -2.42. The molecule has 9 nitrogen and oxygen atoms in total. The summed E-state index contributed by atoms with van der Waals surface area (Å²) >= 11 is 0. The molecule has 0 aliphatic carbocycles. The number of hydrogen-bond acceptors (Lipinski definition) is 6. The first-order valence-corrected chi connectivity index (χ1v) is 16.0. The van der Waals surface area contributed by atoms with Crippen LogP contribution in [0.1, 0.15) is 101 Å².